The van der Waals surface area contributed by atoms with Crippen molar-refractivity contribution in [2.45, 2.75) is 258 Å². The predicted octanol–water partition coefficient (Wildman–Crippen LogP) is 15.5. The number of unbranched alkanes of at least 4 members (excludes halogenated alkanes) is 32. The summed E-state index contributed by atoms with van der Waals surface area (Å²) >= 11 is 0. The normalized spacial score (nSPS) is 14.7. The fraction of sp³-hybridized carbons (Fsp3) is 0.955. The minimum atomic E-state index is 0.638. The van der Waals surface area contributed by atoms with Crippen molar-refractivity contribution < 1.29 is 0 Å². The predicted molar refractivity (Wildman–Crippen MR) is 210 cm³/mol. The lowest BCUT2D eigenvalue weighted by atomic mass is 10.0. The van der Waals surface area contributed by atoms with Crippen LogP contribution < -0.4 is 0 Å². The van der Waals surface area contributed by atoms with Crippen LogP contribution in [0.3, 0.4) is 0 Å². The molecule has 0 aliphatic carbocycles. The molecule has 1 heterocycles. The lowest BCUT2D eigenvalue weighted by Crippen LogP contribution is -2.39. The molecule has 0 radical (unpaired) electrons. The zero-order chi connectivity index (χ0) is 33.0. The second kappa shape index (κ2) is 35.6. The molecular weight excluding hydrogens is 556 g/mol. The highest BCUT2D eigenvalue weighted by molar-refractivity contribution is 4.97. The Hall–Kier alpha value is -0.660. The fourth-order valence-electron chi connectivity index (χ4n) is 7.60. The van der Waals surface area contributed by atoms with Crippen LogP contribution in [0.1, 0.15) is 252 Å². The Morgan fingerprint density at radius 3 is 0.761 bits per heavy atom. The van der Waals surface area contributed by atoms with E-state index < -0.39 is 0 Å². The van der Waals surface area contributed by atoms with Crippen LogP contribution in [0.15, 0.2) is 12.4 Å². The summed E-state index contributed by atoms with van der Waals surface area (Å²) in [5.41, 5.74) is 0. The third kappa shape index (κ3) is 27.3. The van der Waals surface area contributed by atoms with Crippen LogP contribution in [0.5, 0.6) is 0 Å². The van der Waals surface area contributed by atoms with Gasteiger partial charge in [0.15, 0.2) is 0 Å². The molecule has 0 spiro atoms. The second-order valence-electron chi connectivity index (χ2n) is 15.4. The molecule has 1 aliphatic rings. The van der Waals surface area contributed by atoms with Gasteiger partial charge >= 0.3 is 0 Å². The van der Waals surface area contributed by atoms with Gasteiger partial charge in [0, 0.05) is 25.5 Å². The molecule has 1 aliphatic heterocycles. The average molecular weight is 645 g/mol. The van der Waals surface area contributed by atoms with Gasteiger partial charge in [0.05, 0.1) is 0 Å². The molecule has 1 rings (SSSR count). The summed E-state index contributed by atoms with van der Waals surface area (Å²) in [5, 5.41) is 0. The average Bonchev–Trinajstić information content (AvgIpc) is 3.45. The van der Waals surface area contributed by atoms with Crippen molar-refractivity contribution in [3.8, 4) is 0 Å². The molecule has 46 heavy (non-hydrogen) atoms. The molecule has 2 nitrogen and oxygen atoms in total. The van der Waals surface area contributed by atoms with Gasteiger partial charge in [-0.1, -0.05) is 226 Å². The molecular formula is C44H88N2. The quantitative estimate of drug-likeness (QED) is 0.0617. The molecule has 1 atom stereocenters. The zero-order valence-corrected chi connectivity index (χ0v) is 32.5. The zero-order valence-electron chi connectivity index (χ0n) is 32.5. The maximum absolute atomic E-state index is 2.73. The number of nitrogens with zero attached hydrogens (tertiary/aromatic N) is 2. The topological polar surface area (TPSA) is 6.48 Å². The van der Waals surface area contributed by atoms with Gasteiger partial charge in [0.1, 0.15) is 6.17 Å². The summed E-state index contributed by atoms with van der Waals surface area (Å²) in [6.07, 6.45) is 57.4. The van der Waals surface area contributed by atoms with Crippen LogP contribution in [0.2, 0.25) is 0 Å². The van der Waals surface area contributed by atoms with E-state index in [1.807, 2.05) is 0 Å². The highest BCUT2D eigenvalue weighted by Gasteiger charge is 2.24. The molecule has 0 N–H and O–H groups in total. The molecule has 0 aromatic rings. The molecule has 274 valence electrons. The maximum atomic E-state index is 2.73. The van der Waals surface area contributed by atoms with Crippen LogP contribution in [0.25, 0.3) is 0 Å². The second-order valence-corrected chi connectivity index (χ2v) is 15.4. The van der Waals surface area contributed by atoms with Gasteiger partial charge < -0.3 is 9.80 Å². The van der Waals surface area contributed by atoms with Gasteiger partial charge in [-0.25, -0.2) is 0 Å². The van der Waals surface area contributed by atoms with E-state index in [9.17, 15) is 0 Å². The first-order valence-electron chi connectivity index (χ1n) is 22.0. The summed E-state index contributed by atoms with van der Waals surface area (Å²) in [4.78, 5) is 5.45. The van der Waals surface area contributed by atoms with Crippen molar-refractivity contribution in [2.24, 2.45) is 0 Å². The first-order chi connectivity index (χ1) is 22.8. The Labute approximate surface area is 292 Å². The molecule has 0 fully saturated rings. The first-order valence-corrected chi connectivity index (χ1v) is 22.0. The highest BCUT2D eigenvalue weighted by Crippen LogP contribution is 2.24. The monoisotopic (exact) mass is 645 g/mol. The lowest BCUT2D eigenvalue weighted by molar-refractivity contribution is 0.135. The highest BCUT2D eigenvalue weighted by atomic mass is 15.4. The molecule has 0 saturated heterocycles. The largest absolute Gasteiger partial charge is 0.356 e. The lowest BCUT2D eigenvalue weighted by Gasteiger charge is -2.33. The smallest absolute Gasteiger partial charge is 0.101 e. The standard InChI is InChI=1S/C44H88N2/c1-4-7-10-13-16-18-20-22-23-24-26-28-30-33-36-39-44-45(40-37-34-31-15-12-9-6-3)42-43-46(44)41-38-35-32-29-27-25-21-19-17-14-11-8-5-2/h42-44H,4-41H2,1-3H3. The Morgan fingerprint density at radius 1 is 0.283 bits per heavy atom. The van der Waals surface area contributed by atoms with Crippen molar-refractivity contribution in [2.75, 3.05) is 13.1 Å². The van der Waals surface area contributed by atoms with E-state index in [-0.39, 0.29) is 0 Å². The van der Waals surface area contributed by atoms with Gasteiger partial charge in [-0.2, -0.15) is 0 Å². The number of hydrogen-bond donors (Lipinski definition) is 0. The van der Waals surface area contributed by atoms with E-state index in [0.29, 0.717) is 6.17 Å². The summed E-state index contributed by atoms with van der Waals surface area (Å²) in [6, 6.07) is 0. The van der Waals surface area contributed by atoms with Crippen LogP contribution in [0, 0.1) is 0 Å². The molecule has 0 amide bonds. The fourth-order valence-corrected chi connectivity index (χ4v) is 7.60. The van der Waals surface area contributed by atoms with Crippen LogP contribution in [-0.4, -0.2) is 29.1 Å². The van der Waals surface area contributed by atoms with Crippen molar-refractivity contribution >= 4 is 0 Å². The van der Waals surface area contributed by atoms with Crippen molar-refractivity contribution in [1.29, 1.82) is 0 Å². The summed E-state index contributed by atoms with van der Waals surface area (Å²) in [7, 11) is 0. The van der Waals surface area contributed by atoms with Crippen LogP contribution in [-0.2, 0) is 0 Å². The molecule has 0 aromatic carbocycles. The summed E-state index contributed by atoms with van der Waals surface area (Å²) in [5.74, 6) is 0. The Morgan fingerprint density at radius 2 is 0.500 bits per heavy atom. The van der Waals surface area contributed by atoms with Gasteiger partial charge in [-0.15, -0.1) is 0 Å². The Kier molecular flexibility index (Phi) is 33.6. The van der Waals surface area contributed by atoms with E-state index >= 15 is 0 Å². The van der Waals surface area contributed by atoms with E-state index in [4.69, 9.17) is 0 Å². The van der Waals surface area contributed by atoms with Gasteiger partial charge in [-0.3, -0.25) is 0 Å². The first kappa shape index (κ1) is 43.4. The van der Waals surface area contributed by atoms with Gasteiger partial charge in [0.25, 0.3) is 0 Å². The maximum Gasteiger partial charge on any atom is 0.101 e. The van der Waals surface area contributed by atoms with Crippen molar-refractivity contribution in [3.05, 3.63) is 12.4 Å². The van der Waals surface area contributed by atoms with Crippen LogP contribution >= 0.6 is 0 Å². The molecule has 0 saturated carbocycles. The summed E-state index contributed by atoms with van der Waals surface area (Å²) in [6.45, 7) is 9.49. The van der Waals surface area contributed by atoms with E-state index in [1.165, 1.54) is 244 Å². The van der Waals surface area contributed by atoms with Crippen LogP contribution in [0.4, 0.5) is 0 Å². The molecule has 2 heteroatoms. The van der Waals surface area contributed by atoms with E-state index in [2.05, 4.69) is 43.0 Å². The molecule has 0 bridgehead atoms. The third-order valence-corrected chi connectivity index (χ3v) is 10.8. The Balaban J connectivity index is 2.17. The Bertz CT molecular complexity index is 601. The third-order valence-electron chi connectivity index (χ3n) is 10.8. The van der Waals surface area contributed by atoms with Crippen molar-refractivity contribution in [3.63, 3.8) is 0 Å². The SMILES string of the molecule is CCCCCCCCCCCCCCCCCC1N(CCCCCCCCC)C=CN1CCCCCCCCCCCCCCC. The molecule has 0 aromatic heterocycles. The van der Waals surface area contributed by atoms with Crippen molar-refractivity contribution in [1.82, 2.24) is 9.80 Å². The van der Waals surface area contributed by atoms with Gasteiger partial charge in [-0.05, 0) is 25.7 Å². The number of rotatable bonds is 38. The summed E-state index contributed by atoms with van der Waals surface area (Å²) < 4.78 is 0. The van der Waals surface area contributed by atoms with Gasteiger partial charge in [0.2, 0.25) is 0 Å². The molecule has 1 unspecified atom stereocenters. The van der Waals surface area contributed by atoms with E-state index in [1.54, 1.807) is 0 Å². The number of hydrogen-bond acceptors (Lipinski definition) is 2. The minimum Gasteiger partial charge on any atom is -0.356 e. The minimum absolute atomic E-state index is 0.638. The van der Waals surface area contributed by atoms with E-state index in [0.717, 1.165) is 0 Å².